The van der Waals surface area contributed by atoms with Gasteiger partial charge >= 0.3 is 0 Å². The van der Waals surface area contributed by atoms with Gasteiger partial charge in [0.1, 0.15) is 22.3 Å². The van der Waals surface area contributed by atoms with E-state index in [0.29, 0.717) is 0 Å². The molecule has 0 aliphatic heterocycles. The predicted octanol–water partition coefficient (Wildman–Crippen LogP) is 14.6. The van der Waals surface area contributed by atoms with Crippen LogP contribution in [0.2, 0.25) is 0 Å². The molecule has 9 aromatic carbocycles. The van der Waals surface area contributed by atoms with Crippen molar-refractivity contribution >= 4 is 82.5 Å². The Hall–Kier alpha value is -7.10. The number of furan rings is 2. The maximum Gasteiger partial charge on any atom is 0.137 e. The standard InChI is InChI=1S/C50H31NO2/c1-2-15-34-32(14-1)30-41(37-18-4-3-17-36(34)37)38-19-6-10-23-44(38)51(45-24-13-27-49-50(45)40-21-8-12-26-47(40)53-49)43-22-9-5-16-35(43)33-28-29-48-42(31-33)39-20-7-11-25-46(39)52-48/h1-31H. The Labute approximate surface area is 305 Å². The highest BCUT2D eigenvalue weighted by Crippen LogP contribution is 2.50. The number of anilines is 3. The Morgan fingerprint density at radius 3 is 1.68 bits per heavy atom. The third-order valence-corrected chi connectivity index (χ3v) is 10.7. The van der Waals surface area contributed by atoms with Crippen LogP contribution in [0.1, 0.15) is 0 Å². The summed E-state index contributed by atoms with van der Waals surface area (Å²) in [6.07, 6.45) is 0. The first-order valence-corrected chi connectivity index (χ1v) is 18.0. The molecule has 11 aromatic rings. The van der Waals surface area contributed by atoms with Crippen molar-refractivity contribution in [1.29, 1.82) is 0 Å². The fourth-order valence-corrected chi connectivity index (χ4v) is 8.31. The molecule has 0 amide bonds. The maximum absolute atomic E-state index is 6.49. The van der Waals surface area contributed by atoms with Crippen LogP contribution in [0.4, 0.5) is 17.1 Å². The minimum Gasteiger partial charge on any atom is -0.456 e. The van der Waals surface area contributed by atoms with E-state index in [1.54, 1.807) is 0 Å². The highest BCUT2D eigenvalue weighted by molar-refractivity contribution is 6.17. The molecule has 0 spiro atoms. The zero-order valence-corrected chi connectivity index (χ0v) is 28.7. The van der Waals surface area contributed by atoms with Crippen LogP contribution < -0.4 is 4.90 Å². The fraction of sp³-hybridized carbons (Fsp3) is 0. The molecule has 0 radical (unpaired) electrons. The van der Waals surface area contributed by atoms with Gasteiger partial charge in [-0.1, -0.05) is 133 Å². The van der Waals surface area contributed by atoms with E-state index in [0.717, 1.165) is 77.6 Å². The van der Waals surface area contributed by atoms with Gasteiger partial charge in [-0.2, -0.15) is 0 Å². The molecular weight excluding hydrogens is 647 g/mol. The molecular formula is C50H31NO2. The van der Waals surface area contributed by atoms with Crippen LogP contribution in [0.15, 0.2) is 197 Å². The average molecular weight is 678 g/mol. The molecule has 0 aliphatic carbocycles. The van der Waals surface area contributed by atoms with Gasteiger partial charge < -0.3 is 13.7 Å². The van der Waals surface area contributed by atoms with Gasteiger partial charge in [-0.3, -0.25) is 0 Å². The highest BCUT2D eigenvalue weighted by atomic mass is 16.3. The molecule has 2 heterocycles. The lowest BCUT2D eigenvalue weighted by molar-refractivity contribution is 0.668. The third kappa shape index (κ3) is 4.61. The number of hydrogen-bond donors (Lipinski definition) is 0. The summed E-state index contributed by atoms with van der Waals surface area (Å²) in [6.45, 7) is 0. The van der Waals surface area contributed by atoms with Crippen LogP contribution >= 0.6 is 0 Å². The lowest BCUT2D eigenvalue weighted by atomic mass is 9.91. The van der Waals surface area contributed by atoms with Crippen molar-refractivity contribution in [1.82, 2.24) is 0 Å². The Morgan fingerprint density at radius 2 is 0.849 bits per heavy atom. The molecule has 0 N–H and O–H groups in total. The molecule has 0 bridgehead atoms. The fourth-order valence-electron chi connectivity index (χ4n) is 8.31. The largest absolute Gasteiger partial charge is 0.456 e. The van der Waals surface area contributed by atoms with Gasteiger partial charge in [-0.05, 0) is 87.3 Å². The predicted molar refractivity (Wildman–Crippen MR) is 222 cm³/mol. The summed E-state index contributed by atoms with van der Waals surface area (Å²) in [5, 5.41) is 9.30. The van der Waals surface area contributed by atoms with Crippen molar-refractivity contribution < 1.29 is 8.83 Å². The molecule has 0 saturated carbocycles. The second-order valence-electron chi connectivity index (χ2n) is 13.6. The molecule has 3 heteroatoms. The third-order valence-electron chi connectivity index (χ3n) is 10.7. The molecule has 11 rings (SSSR count). The Kier molecular flexibility index (Phi) is 6.55. The van der Waals surface area contributed by atoms with E-state index in [2.05, 4.69) is 175 Å². The summed E-state index contributed by atoms with van der Waals surface area (Å²) in [7, 11) is 0. The number of fused-ring (bicyclic) bond motifs is 9. The quantitative estimate of drug-likeness (QED) is 0.170. The van der Waals surface area contributed by atoms with Crippen LogP contribution in [0, 0.1) is 0 Å². The van der Waals surface area contributed by atoms with Crippen molar-refractivity contribution in [2.45, 2.75) is 0 Å². The second-order valence-corrected chi connectivity index (χ2v) is 13.6. The van der Waals surface area contributed by atoms with Crippen molar-refractivity contribution in [3.8, 4) is 22.3 Å². The van der Waals surface area contributed by atoms with Gasteiger partial charge in [-0.25, -0.2) is 0 Å². The van der Waals surface area contributed by atoms with Gasteiger partial charge in [0.15, 0.2) is 0 Å². The Balaban J connectivity index is 1.23. The van der Waals surface area contributed by atoms with Gasteiger partial charge in [-0.15, -0.1) is 0 Å². The smallest absolute Gasteiger partial charge is 0.137 e. The van der Waals surface area contributed by atoms with E-state index in [-0.39, 0.29) is 0 Å². The number of rotatable bonds is 5. The van der Waals surface area contributed by atoms with Crippen molar-refractivity contribution in [3.63, 3.8) is 0 Å². The van der Waals surface area contributed by atoms with E-state index in [1.807, 2.05) is 18.2 Å². The monoisotopic (exact) mass is 677 g/mol. The zero-order chi connectivity index (χ0) is 34.9. The molecule has 0 aliphatic rings. The summed E-state index contributed by atoms with van der Waals surface area (Å²) in [6, 6.07) is 66.9. The SMILES string of the molecule is c1ccc(N(c2ccccc2-c2cc3ccccc3c3ccccc23)c2cccc3oc4ccccc4c23)c(-c2ccc3oc4ccccc4c3c2)c1. The summed E-state index contributed by atoms with van der Waals surface area (Å²) in [5.74, 6) is 0. The molecule has 0 fully saturated rings. The van der Waals surface area contributed by atoms with Gasteiger partial charge in [0.25, 0.3) is 0 Å². The first-order valence-electron chi connectivity index (χ1n) is 18.0. The van der Waals surface area contributed by atoms with Crippen molar-refractivity contribution in [2.24, 2.45) is 0 Å². The molecule has 248 valence electrons. The number of para-hydroxylation sites is 4. The van der Waals surface area contributed by atoms with Gasteiger partial charge in [0.2, 0.25) is 0 Å². The van der Waals surface area contributed by atoms with Crippen LogP contribution in [0.3, 0.4) is 0 Å². The number of nitrogens with zero attached hydrogens (tertiary/aromatic N) is 1. The number of benzene rings is 9. The zero-order valence-electron chi connectivity index (χ0n) is 28.7. The van der Waals surface area contributed by atoms with Crippen LogP contribution in [0.25, 0.3) is 87.7 Å². The maximum atomic E-state index is 6.49. The van der Waals surface area contributed by atoms with Crippen LogP contribution in [-0.4, -0.2) is 0 Å². The van der Waals surface area contributed by atoms with Crippen molar-refractivity contribution in [2.75, 3.05) is 4.90 Å². The first-order chi connectivity index (χ1) is 26.3. The molecule has 3 nitrogen and oxygen atoms in total. The van der Waals surface area contributed by atoms with Crippen LogP contribution in [0.5, 0.6) is 0 Å². The van der Waals surface area contributed by atoms with E-state index in [9.17, 15) is 0 Å². The topological polar surface area (TPSA) is 29.5 Å². The molecule has 0 saturated heterocycles. The van der Waals surface area contributed by atoms with E-state index < -0.39 is 0 Å². The van der Waals surface area contributed by atoms with E-state index >= 15 is 0 Å². The van der Waals surface area contributed by atoms with Gasteiger partial charge in [0.05, 0.1) is 22.4 Å². The molecule has 0 unspecified atom stereocenters. The summed E-state index contributed by atoms with van der Waals surface area (Å²) >= 11 is 0. The lowest BCUT2D eigenvalue weighted by Gasteiger charge is -2.30. The lowest BCUT2D eigenvalue weighted by Crippen LogP contribution is -2.13. The molecule has 53 heavy (non-hydrogen) atoms. The van der Waals surface area contributed by atoms with E-state index in [1.165, 1.54) is 27.1 Å². The van der Waals surface area contributed by atoms with E-state index in [4.69, 9.17) is 8.83 Å². The summed E-state index contributed by atoms with van der Waals surface area (Å²) in [4.78, 5) is 2.44. The van der Waals surface area contributed by atoms with Crippen LogP contribution in [-0.2, 0) is 0 Å². The summed E-state index contributed by atoms with van der Waals surface area (Å²) < 4.78 is 12.7. The molecule has 0 atom stereocenters. The Morgan fingerprint density at radius 1 is 0.302 bits per heavy atom. The number of hydrogen-bond acceptors (Lipinski definition) is 3. The Bertz CT molecular complexity index is 3200. The van der Waals surface area contributed by atoms with Gasteiger partial charge in [0, 0.05) is 27.3 Å². The van der Waals surface area contributed by atoms with Crippen molar-refractivity contribution in [3.05, 3.63) is 188 Å². The highest BCUT2D eigenvalue weighted by Gasteiger charge is 2.25. The minimum absolute atomic E-state index is 0.853. The first kappa shape index (κ1) is 29.6. The average Bonchev–Trinajstić information content (AvgIpc) is 3.80. The second kappa shape index (κ2) is 11.7. The summed E-state index contributed by atoms with van der Waals surface area (Å²) in [5.41, 5.74) is 11.2. The minimum atomic E-state index is 0.853. The molecule has 2 aromatic heterocycles. The normalized spacial score (nSPS) is 11.8.